The molecule has 18 heavy (non-hydrogen) atoms. The normalized spacial score (nSPS) is 10.0. The maximum Gasteiger partial charge on any atom is 0.387 e. The average Bonchev–Trinajstić information content (AvgIpc) is 2.31. The second-order valence-corrected chi connectivity index (χ2v) is 3.38. The van der Waals surface area contributed by atoms with Gasteiger partial charge in [-0.3, -0.25) is 0 Å². The third kappa shape index (κ3) is 3.17. The zero-order valence-corrected chi connectivity index (χ0v) is 9.87. The number of nitriles is 1. The highest BCUT2D eigenvalue weighted by Gasteiger charge is 2.20. The summed E-state index contributed by atoms with van der Waals surface area (Å²) >= 11 is 0. The summed E-state index contributed by atoms with van der Waals surface area (Å²) < 4.78 is 33.6. The number of aryl methyl sites for hydroxylation is 1. The van der Waals surface area contributed by atoms with E-state index in [0.717, 1.165) is 0 Å². The monoisotopic (exact) mass is 255 g/mol. The number of carbonyl (C=O) groups excluding carboxylic acids is 1. The highest BCUT2D eigenvalue weighted by atomic mass is 19.3. The van der Waals surface area contributed by atoms with Gasteiger partial charge in [0.2, 0.25) is 0 Å². The minimum Gasteiger partial charge on any atom is -0.462 e. The van der Waals surface area contributed by atoms with Crippen LogP contribution in [0.2, 0.25) is 0 Å². The van der Waals surface area contributed by atoms with Crippen molar-refractivity contribution in [2.75, 3.05) is 6.61 Å². The lowest BCUT2D eigenvalue weighted by atomic mass is 10.1. The summed E-state index contributed by atoms with van der Waals surface area (Å²) in [5.41, 5.74) is 0.281. The smallest absolute Gasteiger partial charge is 0.387 e. The van der Waals surface area contributed by atoms with E-state index in [2.05, 4.69) is 4.74 Å². The predicted octanol–water partition coefficient (Wildman–Crippen LogP) is 2.64. The fraction of sp³-hybridized carbons (Fsp3) is 0.333. The van der Waals surface area contributed by atoms with E-state index in [-0.39, 0.29) is 29.0 Å². The largest absolute Gasteiger partial charge is 0.462 e. The summed E-state index contributed by atoms with van der Waals surface area (Å²) in [5, 5.41) is 8.78. The van der Waals surface area contributed by atoms with Gasteiger partial charge in [0.25, 0.3) is 0 Å². The third-order valence-corrected chi connectivity index (χ3v) is 2.11. The van der Waals surface area contributed by atoms with Gasteiger partial charge in [0.1, 0.15) is 11.3 Å². The van der Waals surface area contributed by atoms with Crippen LogP contribution in [0.3, 0.4) is 0 Å². The number of esters is 1. The molecule has 0 spiro atoms. The Morgan fingerprint density at radius 3 is 2.67 bits per heavy atom. The molecule has 0 bridgehead atoms. The van der Waals surface area contributed by atoms with E-state index >= 15 is 0 Å². The number of benzene rings is 1. The van der Waals surface area contributed by atoms with Crippen molar-refractivity contribution in [3.8, 4) is 11.8 Å². The zero-order valence-electron chi connectivity index (χ0n) is 9.87. The van der Waals surface area contributed by atoms with Gasteiger partial charge in [-0.05, 0) is 31.5 Å². The highest BCUT2D eigenvalue weighted by Crippen LogP contribution is 2.27. The molecule has 0 fully saturated rings. The molecule has 0 aromatic heterocycles. The molecule has 1 aromatic carbocycles. The lowest BCUT2D eigenvalue weighted by molar-refractivity contribution is -0.0509. The summed E-state index contributed by atoms with van der Waals surface area (Å²) in [6.07, 6.45) is 0. The van der Waals surface area contributed by atoms with Crippen LogP contribution in [0.15, 0.2) is 12.1 Å². The maximum absolute atomic E-state index is 12.3. The predicted molar refractivity (Wildman–Crippen MR) is 58.5 cm³/mol. The first-order valence-electron chi connectivity index (χ1n) is 5.16. The van der Waals surface area contributed by atoms with Crippen LogP contribution in [0.25, 0.3) is 0 Å². The molecule has 0 heterocycles. The van der Waals surface area contributed by atoms with E-state index in [0.29, 0.717) is 0 Å². The number of halogens is 2. The first-order valence-corrected chi connectivity index (χ1v) is 5.16. The Balaban J connectivity index is 3.29. The van der Waals surface area contributed by atoms with Gasteiger partial charge in [-0.1, -0.05) is 0 Å². The Hall–Kier alpha value is -2.16. The summed E-state index contributed by atoms with van der Waals surface area (Å²) in [5.74, 6) is -1.06. The molecular formula is C12H11F2NO3. The van der Waals surface area contributed by atoms with Crippen LogP contribution in [0.4, 0.5) is 8.78 Å². The average molecular weight is 255 g/mol. The van der Waals surface area contributed by atoms with Crippen LogP contribution in [-0.4, -0.2) is 19.2 Å². The van der Waals surface area contributed by atoms with Crippen molar-refractivity contribution < 1.29 is 23.0 Å². The Kier molecular flexibility index (Phi) is 4.60. The molecule has 0 unspecified atom stereocenters. The fourth-order valence-corrected chi connectivity index (χ4v) is 1.44. The summed E-state index contributed by atoms with van der Waals surface area (Å²) in [6, 6.07) is 4.37. The van der Waals surface area contributed by atoms with Crippen LogP contribution in [0, 0.1) is 18.3 Å². The molecular weight excluding hydrogens is 244 g/mol. The molecule has 0 N–H and O–H groups in total. The lowest BCUT2D eigenvalue weighted by Crippen LogP contribution is -2.12. The Morgan fingerprint density at radius 1 is 1.50 bits per heavy atom. The van der Waals surface area contributed by atoms with Gasteiger partial charge in [-0.15, -0.1) is 0 Å². The number of nitrogens with zero attached hydrogens (tertiary/aromatic N) is 1. The van der Waals surface area contributed by atoms with Gasteiger partial charge in [-0.2, -0.15) is 14.0 Å². The quantitative estimate of drug-likeness (QED) is 0.776. The second kappa shape index (κ2) is 5.96. The van der Waals surface area contributed by atoms with E-state index in [1.54, 1.807) is 6.92 Å². The third-order valence-electron chi connectivity index (χ3n) is 2.11. The molecule has 0 atom stereocenters. The van der Waals surface area contributed by atoms with E-state index in [9.17, 15) is 13.6 Å². The topological polar surface area (TPSA) is 59.3 Å². The van der Waals surface area contributed by atoms with Crippen LogP contribution < -0.4 is 4.74 Å². The molecule has 1 aromatic rings. The van der Waals surface area contributed by atoms with E-state index < -0.39 is 12.6 Å². The lowest BCUT2D eigenvalue weighted by Gasteiger charge is -2.13. The summed E-state index contributed by atoms with van der Waals surface area (Å²) in [6.45, 7) is 0.112. The van der Waals surface area contributed by atoms with Gasteiger partial charge in [0.15, 0.2) is 0 Å². The van der Waals surface area contributed by atoms with Gasteiger partial charge < -0.3 is 9.47 Å². The molecule has 1 rings (SSSR count). The molecule has 0 saturated carbocycles. The van der Waals surface area contributed by atoms with Gasteiger partial charge in [-0.25, -0.2) is 4.79 Å². The number of rotatable bonds is 4. The Morgan fingerprint density at radius 2 is 2.17 bits per heavy atom. The molecule has 0 aliphatic heterocycles. The summed E-state index contributed by atoms with van der Waals surface area (Å²) in [4.78, 5) is 11.6. The molecule has 0 saturated heterocycles. The minimum atomic E-state index is -3.05. The first-order chi connectivity index (χ1) is 8.49. The van der Waals surface area contributed by atoms with Crippen molar-refractivity contribution in [1.82, 2.24) is 0 Å². The van der Waals surface area contributed by atoms with Crippen molar-refractivity contribution in [3.63, 3.8) is 0 Å². The standard InChI is InChI=1S/C12H11F2NO3/c1-3-17-11(16)9-5-8(6-15)4-7(2)10(9)18-12(13)14/h4-5,12H,3H2,1-2H3. The second-order valence-electron chi connectivity index (χ2n) is 3.38. The van der Waals surface area contributed by atoms with Crippen LogP contribution in [-0.2, 0) is 4.74 Å². The fourth-order valence-electron chi connectivity index (χ4n) is 1.44. The van der Waals surface area contributed by atoms with Crippen molar-refractivity contribution >= 4 is 5.97 Å². The van der Waals surface area contributed by atoms with E-state index in [1.165, 1.54) is 19.1 Å². The minimum absolute atomic E-state index is 0.1000. The van der Waals surface area contributed by atoms with Gasteiger partial charge >= 0.3 is 12.6 Å². The highest BCUT2D eigenvalue weighted by molar-refractivity contribution is 5.93. The Bertz CT molecular complexity index is 495. The van der Waals surface area contributed by atoms with Gasteiger partial charge in [0.05, 0.1) is 18.2 Å². The van der Waals surface area contributed by atoms with Crippen LogP contribution in [0.5, 0.6) is 5.75 Å². The number of carbonyl (C=O) groups is 1. The zero-order chi connectivity index (χ0) is 13.7. The molecule has 0 aliphatic rings. The molecule has 0 radical (unpaired) electrons. The maximum atomic E-state index is 12.3. The van der Waals surface area contributed by atoms with Crippen molar-refractivity contribution in [1.29, 1.82) is 5.26 Å². The van der Waals surface area contributed by atoms with E-state index in [1.807, 2.05) is 6.07 Å². The summed E-state index contributed by atoms with van der Waals surface area (Å²) in [7, 11) is 0. The van der Waals surface area contributed by atoms with Crippen LogP contribution in [0.1, 0.15) is 28.4 Å². The molecule has 0 amide bonds. The van der Waals surface area contributed by atoms with Crippen molar-refractivity contribution in [3.05, 3.63) is 28.8 Å². The van der Waals surface area contributed by atoms with Crippen molar-refractivity contribution in [2.24, 2.45) is 0 Å². The van der Waals surface area contributed by atoms with Gasteiger partial charge in [0, 0.05) is 0 Å². The molecule has 4 nitrogen and oxygen atoms in total. The number of ether oxygens (including phenoxy) is 2. The molecule has 0 aliphatic carbocycles. The number of alkyl halides is 2. The molecule has 96 valence electrons. The van der Waals surface area contributed by atoms with E-state index in [4.69, 9.17) is 10.00 Å². The van der Waals surface area contributed by atoms with Crippen LogP contribution >= 0.6 is 0 Å². The number of hydrogen-bond acceptors (Lipinski definition) is 4. The van der Waals surface area contributed by atoms with Crippen molar-refractivity contribution in [2.45, 2.75) is 20.5 Å². The number of hydrogen-bond donors (Lipinski definition) is 0. The first kappa shape index (κ1) is 13.9. The molecule has 6 heteroatoms. The Labute approximate surface area is 103 Å². The SMILES string of the molecule is CCOC(=O)c1cc(C#N)cc(C)c1OC(F)F.